The third kappa shape index (κ3) is 3.16. The van der Waals surface area contributed by atoms with Gasteiger partial charge >= 0.3 is 0 Å². The van der Waals surface area contributed by atoms with E-state index in [0.29, 0.717) is 0 Å². The van der Waals surface area contributed by atoms with Crippen LogP contribution in [0.1, 0.15) is 27.7 Å². The highest BCUT2D eigenvalue weighted by atomic mass is 79.9. The van der Waals surface area contributed by atoms with Gasteiger partial charge in [-0.1, -0.05) is 0 Å². The van der Waals surface area contributed by atoms with Crippen LogP contribution in [-0.2, 0) is 4.74 Å². The van der Waals surface area contributed by atoms with Crippen molar-refractivity contribution >= 4 is 21.7 Å². The SMILES string of the molecule is CC1(C)CN(c2cc(Br)ncn2)CC(C)(C)O1. The molecular weight excluding hydrogens is 282 g/mol. The molecule has 0 amide bonds. The Morgan fingerprint density at radius 1 is 1.18 bits per heavy atom. The molecule has 0 unspecified atom stereocenters. The van der Waals surface area contributed by atoms with Gasteiger partial charge in [-0.05, 0) is 43.6 Å². The minimum Gasteiger partial charge on any atom is -0.366 e. The molecule has 1 aromatic rings. The molecule has 0 spiro atoms. The summed E-state index contributed by atoms with van der Waals surface area (Å²) >= 11 is 3.38. The predicted octanol–water partition coefficient (Wildman–Crippen LogP) is 2.63. The lowest BCUT2D eigenvalue weighted by atomic mass is 9.99. The third-order valence-corrected chi connectivity index (χ3v) is 3.07. The van der Waals surface area contributed by atoms with Gasteiger partial charge in [-0.3, -0.25) is 0 Å². The van der Waals surface area contributed by atoms with Crippen molar-refractivity contribution in [2.45, 2.75) is 38.9 Å². The van der Waals surface area contributed by atoms with Gasteiger partial charge in [0.25, 0.3) is 0 Å². The summed E-state index contributed by atoms with van der Waals surface area (Å²) in [7, 11) is 0. The summed E-state index contributed by atoms with van der Waals surface area (Å²) in [5, 5.41) is 0. The highest BCUT2D eigenvalue weighted by Crippen LogP contribution is 2.30. The minimum absolute atomic E-state index is 0.167. The molecule has 1 saturated heterocycles. The Labute approximate surface area is 111 Å². The van der Waals surface area contributed by atoms with Crippen molar-refractivity contribution in [1.82, 2.24) is 9.97 Å². The Hall–Kier alpha value is -0.680. The molecule has 0 saturated carbocycles. The van der Waals surface area contributed by atoms with Gasteiger partial charge in [0.05, 0.1) is 11.2 Å². The van der Waals surface area contributed by atoms with Gasteiger partial charge in [-0.15, -0.1) is 0 Å². The third-order valence-electron chi connectivity index (χ3n) is 2.64. The summed E-state index contributed by atoms with van der Waals surface area (Å²) in [4.78, 5) is 10.6. The topological polar surface area (TPSA) is 38.2 Å². The average molecular weight is 300 g/mol. The maximum atomic E-state index is 6.05. The standard InChI is InChI=1S/C12H18BrN3O/c1-11(2)6-16(7-12(3,4)17-11)10-5-9(13)14-8-15-10/h5,8H,6-7H2,1-4H3. The second-order valence-electron chi connectivity index (χ2n) is 5.68. The quantitative estimate of drug-likeness (QED) is 0.747. The van der Waals surface area contributed by atoms with Gasteiger partial charge in [0.1, 0.15) is 16.7 Å². The first-order valence-electron chi connectivity index (χ1n) is 5.70. The van der Waals surface area contributed by atoms with E-state index in [1.807, 2.05) is 6.07 Å². The van der Waals surface area contributed by atoms with E-state index in [0.717, 1.165) is 23.5 Å². The predicted molar refractivity (Wildman–Crippen MR) is 71.2 cm³/mol. The maximum absolute atomic E-state index is 6.05. The second kappa shape index (κ2) is 4.21. The summed E-state index contributed by atoms with van der Waals surface area (Å²) in [6.07, 6.45) is 1.58. The maximum Gasteiger partial charge on any atom is 0.133 e. The van der Waals surface area contributed by atoms with Crippen LogP contribution in [0.15, 0.2) is 17.0 Å². The molecule has 0 aromatic carbocycles. The first-order chi connectivity index (χ1) is 7.77. The van der Waals surface area contributed by atoms with Crippen LogP contribution in [0.2, 0.25) is 0 Å². The minimum atomic E-state index is -0.167. The van der Waals surface area contributed by atoms with Gasteiger partial charge in [0.2, 0.25) is 0 Å². The Kier molecular flexibility index (Phi) is 3.16. The van der Waals surface area contributed by atoms with E-state index in [9.17, 15) is 0 Å². The number of anilines is 1. The van der Waals surface area contributed by atoms with E-state index < -0.39 is 0 Å². The van der Waals surface area contributed by atoms with Crippen molar-refractivity contribution in [1.29, 1.82) is 0 Å². The molecule has 2 heterocycles. The number of nitrogens with zero attached hydrogens (tertiary/aromatic N) is 3. The van der Waals surface area contributed by atoms with E-state index in [4.69, 9.17) is 4.74 Å². The van der Waals surface area contributed by atoms with E-state index in [1.165, 1.54) is 0 Å². The molecule has 2 rings (SSSR count). The normalized spacial score (nSPS) is 22.5. The van der Waals surface area contributed by atoms with Crippen LogP contribution >= 0.6 is 15.9 Å². The Morgan fingerprint density at radius 3 is 2.29 bits per heavy atom. The molecule has 0 bridgehead atoms. The molecule has 0 atom stereocenters. The molecule has 1 aliphatic heterocycles. The first-order valence-corrected chi connectivity index (χ1v) is 6.49. The highest BCUT2D eigenvalue weighted by Gasteiger charge is 2.38. The van der Waals surface area contributed by atoms with Crippen molar-refractivity contribution in [3.8, 4) is 0 Å². The van der Waals surface area contributed by atoms with Gasteiger partial charge in [-0.2, -0.15) is 0 Å². The Morgan fingerprint density at radius 2 is 1.76 bits per heavy atom. The van der Waals surface area contributed by atoms with Crippen LogP contribution < -0.4 is 4.90 Å². The lowest BCUT2D eigenvalue weighted by molar-refractivity contribution is -0.133. The second-order valence-corrected chi connectivity index (χ2v) is 6.49. The zero-order valence-electron chi connectivity index (χ0n) is 10.7. The molecule has 4 nitrogen and oxygen atoms in total. The largest absolute Gasteiger partial charge is 0.366 e. The van der Waals surface area contributed by atoms with Crippen LogP contribution in [0, 0.1) is 0 Å². The van der Waals surface area contributed by atoms with E-state index >= 15 is 0 Å². The number of halogens is 1. The van der Waals surface area contributed by atoms with E-state index in [1.54, 1.807) is 6.33 Å². The van der Waals surface area contributed by atoms with Crippen molar-refractivity contribution < 1.29 is 4.74 Å². The lowest BCUT2D eigenvalue weighted by Gasteiger charge is -2.47. The monoisotopic (exact) mass is 299 g/mol. The molecular formula is C12H18BrN3O. The molecule has 1 fully saturated rings. The summed E-state index contributed by atoms with van der Waals surface area (Å²) < 4.78 is 6.86. The van der Waals surface area contributed by atoms with Crippen LogP contribution in [0.25, 0.3) is 0 Å². The molecule has 1 aliphatic rings. The number of aromatic nitrogens is 2. The van der Waals surface area contributed by atoms with Crippen molar-refractivity contribution in [3.63, 3.8) is 0 Å². The fraction of sp³-hybridized carbons (Fsp3) is 0.667. The zero-order valence-corrected chi connectivity index (χ0v) is 12.3. The fourth-order valence-electron chi connectivity index (χ4n) is 2.45. The Bertz CT molecular complexity index is 404. The fourth-order valence-corrected chi connectivity index (χ4v) is 2.74. The van der Waals surface area contributed by atoms with Gasteiger partial charge in [0, 0.05) is 19.2 Å². The summed E-state index contributed by atoms with van der Waals surface area (Å²) in [6, 6.07) is 1.94. The average Bonchev–Trinajstić information content (AvgIpc) is 2.12. The van der Waals surface area contributed by atoms with Crippen molar-refractivity contribution in [2.24, 2.45) is 0 Å². The molecule has 17 heavy (non-hydrogen) atoms. The summed E-state index contributed by atoms with van der Waals surface area (Å²) in [6.45, 7) is 10.1. The smallest absolute Gasteiger partial charge is 0.133 e. The molecule has 5 heteroatoms. The van der Waals surface area contributed by atoms with Crippen LogP contribution in [0.3, 0.4) is 0 Å². The number of hydrogen-bond acceptors (Lipinski definition) is 4. The van der Waals surface area contributed by atoms with Gasteiger partial charge in [0.15, 0.2) is 0 Å². The molecule has 0 radical (unpaired) electrons. The number of morpholine rings is 1. The first kappa shape index (κ1) is 12.8. The van der Waals surface area contributed by atoms with Gasteiger partial charge in [-0.25, -0.2) is 9.97 Å². The number of hydrogen-bond donors (Lipinski definition) is 0. The van der Waals surface area contributed by atoms with Crippen LogP contribution in [0.5, 0.6) is 0 Å². The van der Waals surface area contributed by atoms with Crippen molar-refractivity contribution in [3.05, 3.63) is 17.0 Å². The number of rotatable bonds is 1. The molecule has 94 valence electrons. The van der Waals surface area contributed by atoms with E-state index in [-0.39, 0.29) is 11.2 Å². The molecule has 0 N–H and O–H groups in total. The highest BCUT2D eigenvalue weighted by molar-refractivity contribution is 9.10. The van der Waals surface area contributed by atoms with E-state index in [2.05, 4.69) is 58.5 Å². The molecule has 1 aromatic heterocycles. The number of ether oxygens (including phenoxy) is 1. The molecule has 0 aliphatic carbocycles. The van der Waals surface area contributed by atoms with Crippen molar-refractivity contribution in [2.75, 3.05) is 18.0 Å². The summed E-state index contributed by atoms with van der Waals surface area (Å²) in [5.41, 5.74) is -0.335. The lowest BCUT2D eigenvalue weighted by Crippen LogP contribution is -2.57. The summed E-state index contributed by atoms with van der Waals surface area (Å²) in [5.74, 6) is 0.941. The zero-order chi connectivity index (χ0) is 12.7. The van der Waals surface area contributed by atoms with Gasteiger partial charge < -0.3 is 9.64 Å². The Balaban J connectivity index is 2.27. The van der Waals surface area contributed by atoms with Crippen LogP contribution in [-0.4, -0.2) is 34.3 Å². The van der Waals surface area contributed by atoms with Crippen LogP contribution in [0.4, 0.5) is 5.82 Å².